The zero-order valence-corrected chi connectivity index (χ0v) is 13.6. The lowest BCUT2D eigenvalue weighted by molar-refractivity contribution is 0.265. The third-order valence-corrected chi connectivity index (χ3v) is 7.50. The molecule has 1 fully saturated rings. The van der Waals surface area contributed by atoms with Crippen LogP contribution in [0.15, 0.2) is 29.2 Å². The van der Waals surface area contributed by atoms with Crippen molar-refractivity contribution in [1.82, 2.24) is 4.31 Å². The van der Waals surface area contributed by atoms with E-state index in [0.29, 0.717) is 16.3 Å². The maximum absolute atomic E-state index is 13.1. The molecule has 1 aliphatic rings. The summed E-state index contributed by atoms with van der Waals surface area (Å²) in [6.07, 6.45) is 2.88. The molecule has 0 saturated carbocycles. The maximum atomic E-state index is 13.1. The second-order valence-corrected chi connectivity index (χ2v) is 8.43. The van der Waals surface area contributed by atoms with Crippen LogP contribution >= 0.6 is 11.3 Å². The van der Waals surface area contributed by atoms with Gasteiger partial charge in [-0.15, -0.1) is 11.3 Å². The van der Waals surface area contributed by atoms with Crippen LogP contribution < -0.4 is 0 Å². The van der Waals surface area contributed by atoms with Crippen LogP contribution in [0.2, 0.25) is 0 Å². The quantitative estimate of drug-likeness (QED) is 0.944. The van der Waals surface area contributed by atoms with E-state index in [1.165, 1.54) is 11.3 Å². The Hall–Kier alpha value is -0.950. The smallest absolute Gasteiger partial charge is 0.245 e. The van der Waals surface area contributed by atoms with E-state index in [4.69, 9.17) is 0 Å². The van der Waals surface area contributed by atoms with Gasteiger partial charge in [0.1, 0.15) is 4.90 Å². The van der Waals surface area contributed by atoms with Crippen molar-refractivity contribution in [3.05, 3.63) is 29.1 Å². The Balaban J connectivity index is 2.18. The molecule has 1 N–H and O–H groups in total. The van der Waals surface area contributed by atoms with Crippen LogP contribution in [-0.2, 0) is 16.6 Å². The lowest BCUT2D eigenvalue weighted by atomic mass is 10.1. The molecule has 0 spiro atoms. The van der Waals surface area contributed by atoms with Crippen molar-refractivity contribution in [3.63, 3.8) is 0 Å². The van der Waals surface area contributed by atoms with Crippen LogP contribution in [0.25, 0.3) is 10.1 Å². The van der Waals surface area contributed by atoms with Gasteiger partial charge in [-0.2, -0.15) is 4.31 Å². The molecule has 3 rings (SSSR count). The number of rotatable bonds is 3. The van der Waals surface area contributed by atoms with E-state index in [1.54, 1.807) is 4.31 Å². The maximum Gasteiger partial charge on any atom is 0.245 e. The Morgan fingerprint density at radius 3 is 2.81 bits per heavy atom. The third-order valence-electron chi connectivity index (χ3n) is 4.07. The van der Waals surface area contributed by atoms with Gasteiger partial charge in [0.15, 0.2) is 0 Å². The van der Waals surface area contributed by atoms with Gasteiger partial charge in [-0.05, 0) is 25.8 Å². The fourth-order valence-electron chi connectivity index (χ4n) is 3.01. The predicted octanol–water partition coefficient (Wildman–Crippen LogP) is 2.96. The summed E-state index contributed by atoms with van der Waals surface area (Å²) in [5.41, 5.74) is 0. The first-order valence-corrected chi connectivity index (χ1v) is 9.44. The summed E-state index contributed by atoms with van der Waals surface area (Å²) in [6, 6.07) is 7.48. The number of fused-ring (bicyclic) bond motifs is 1. The van der Waals surface area contributed by atoms with Crippen LogP contribution in [0, 0.1) is 0 Å². The standard InChI is InChI=1S/C15H19NO3S2/c1-11-6-4-5-9-16(11)21(18,19)15-12-7-2-3-8-13(12)20-14(15)10-17/h2-3,7-8,11,17H,4-6,9-10H2,1H3. The lowest BCUT2D eigenvalue weighted by Gasteiger charge is -2.32. The minimum absolute atomic E-state index is 0.0222. The summed E-state index contributed by atoms with van der Waals surface area (Å²) in [5, 5.41) is 10.3. The molecule has 2 heterocycles. The molecule has 114 valence electrons. The molecule has 2 aromatic rings. The van der Waals surface area contributed by atoms with Crippen LogP contribution in [0.4, 0.5) is 0 Å². The van der Waals surface area contributed by atoms with Crippen molar-refractivity contribution in [1.29, 1.82) is 0 Å². The minimum Gasteiger partial charge on any atom is -0.391 e. The van der Waals surface area contributed by atoms with E-state index in [-0.39, 0.29) is 12.6 Å². The molecule has 0 radical (unpaired) electrons. The number of aliphatic hydroxyl groups is 1. The Bertz CT molecular complexity index is 751. The fourth-order valence-corrected chi connectivity index (χ4v) is 6.46. The van der Waals surface area contributed by atoms with Gasteiger partial charge in [-0.1, -0.05) is 24.6 Å². The van der Waals surface area contributed by atoms with E-state index < -0.39 is 10.0 Å². The first-order chi connectivity index (χ1) is 10.1. The summed E-state index contributed by atoms with van der Waals surface area (Å²) >= 11 is 1.36. The fraction of sp³-hybridized carbons (Fsp3) is 0.467. The number of benzene rings is 1. The van der Waals surface area contributed by atoms with Crippen molar-refractivity contribution >= 4 is 31.4 Å². The SMILES string of the molecule is CC1CCCCN1S(=O)(=O)c1c(CO)sc2ccccc12. The molecule has 1 atom stereocenters. The Kier molecular flexibility index (Phi) is 4.05. The molecule has 1 aromatic heterocycles. The highest BCUT2D eigenvalue weighted by atomic mass is 32.2. The zero-order valence-electron chi connectivity index (χ0n) is 11.9. The summed E-state index contributed by atoms with van der Waals surface area (Å²) < 4.78 is 28.7. The molecule has 0 aliphatic carbocycles. The van der Waals surface area contributed by atoms with Gasteiger partial charge in [0.2, 0.25) is 10.0 Å². The van der Waals surface area contributed by atoms with Crippen molar-refractivity contribution < 1.29 is 13.5 Å². The van der Waals surface area contributed by atoms with Crippen LogP contribution in [0.5, 0.6) is 0 Å². The summed E-state index contributed by atoms with van der Waals surface area (Å²) in [4.78, 5) is 0.841. The number of thiophene rings is 1. The van der Waals surface area contributed by atoms with E-state index in [9.17, 15) is 13.5 Å². The summed E-state index contributed by atoms with van der Waals surface area (Å²) in [7, 11) is -3.55. The van der Waals surface area contributed by atoms with E-state index in [2.05, 4.69) is 0 Å². The zero-order chi connectivity index (χ0) is 15.0. The topological polar surface area (TPSA) is 57.6 Å². The normalized spacial score (nSPS) is 21.0. The highest BCUT2D eigenvalue weighted by molar-refractivity contribution is 7.89. The molecule has 4 nitrogen and oxygen atoms in total. The molecule has 6 heteroatoms. The third kappa shape index (κ3) is 2.50. The minimum atomic E-state index is -3.55. The number of sulfonamides is 1. The van der Waals surface area contributed by atoms with Crippen LogP contribution in [0.1, 0.15) is 31.1 Å². The molecule has 1 aromatic carbocycles. The van der Waals surface area contributed by atoms with E-state index >= 15 is 0 Å². The summed E-state index contributed by atoms with van der Waals surface area (Å²) in [6.45, 7) is 2.29. The van der Waals surface area contributed by atoms with Crippen molar-refractivity contribution in [2.75, 3.05) is 6.54 Å². The largest absolute Gasteiger partial charge is 0.391 e. The van der Waals surface area contributed by atoms with Gasteiger partial charge in [0.05, 0.1) is 11.5 Å². The number of hydrogen-bond donors (Lipinski definition) is 1. The van der Waals surface area contributed by atoms with Crippen molar-refractivity contribution in [2.24, 2.45) is 0 Å². The van der Waals surface area contributed by atoms with Gasteiger partial charge in [0.25, 0.3) is 0 Å². The number of aliphatic hydroxyl groups excluding tert-OH is 1. The van der Waals surface area contributed by atoms with Crippen LogP contribution in [-0.4, -0.2) is 30.4 Å². The Labute approximate surface area is 129 Å². The Morgan fingerprint density at radius 2 is 2.10 bits per heavy atom. The highest BCUT2D eigenvalue weighted by Gasteiger charge is 2.34. The lowest BCUT2D eigenvalue weighted by Crippen LogP contribution is -2.42. The molecule has 1 unspecified atom stereocenters. The van der Waals surface area contributed by atoms with Gasteiger partial charge >= 0.3 is 0 Å². The second kappa shape index (κ2) is 5.68. The number of hydrogen-bond acceptors (Lipinski definition) is 4. The number of nitrogens with zero attached hydrogens (tertiary/aromatic N) is 1. The predicted molar refractivity (Wildman–Crippen MR) is 85.0 cm³/mol. The van der Waals surface area contributed by atoms with E-state index in [1.807, 2.05) is 31.2 Å². The molecule has 21 heavy (non-hydrogen) atoms. The second-order valence-electron chi connectivity index (χ2n) is 5.47. The van der Waals surface area contributed by atoms with Gasteiger partial charge in [-0.3, -0.25) is 0 Å². The molecule has 0 bridgehead atoms. The first-order valence-electron chi connectivity index (χ1n) is 7.19. The molecular weight excluding hydrogens is 306 g/mol. The van der Waals surface area contributed by atoms with Crippen LogP contribution in [0.3, 0.4) is 0 Å². The monoisotopic (exact) mass is 325 g/mol. The van der Waals surface area contributed by atoms with Gasteiger partial charge in [-0.25, -0.2) is 8.42 Å². The molecule has 1 saturated heterocycles. The van der Waals surface area contributed by atoms with Crippen molar-refractivity contribution in [2.45, 2.75) is 43.7 Å². The number of piperidine rings is 1. The highest BCUT2D eigenvalue weighted by Crippen LogP contribution is 2.37. The van der Waals surface area contributed by atoms with Gasteiger partial charge in [0, 0.05) is 22.7 Å². The molecule has 0 amide bonds. The van der Waals surface area contributed by atoms with E-state index in [0.717, 1.165) is 29.3 Å². The average molecular weight is 325 g/mol. The summed E-state index contributed by atoms with van der Waals surface area (Å²) in [5.74, 6) is 0. The van der Waals surface area contributed by atoms with Crippen molar-refractivity contribution in [3.8, 4) is 0 Å². The molecule has 1 aliphatic heterocycles. The molecular formula is C15H19NO3S2. The average Bonchev–Trinajstić information content (AvgIpc) is 2.86. The Morgan fingerprint density at radius 1 is 1.33 bits per heavy atom. The van der Waals surface area contributed by atoms with Gasteiger partial charge < -0.3 is 5.11 Å². The first kappa shape index (κ1) is 15.0.